The zero-order chi connectivity index (χ0) is 12.5. The predicted molar refractivity (Wildman–Crippen MR) is 63.8 cm³/mol. The number of hydrogen-bond acceptors (Lipinski definition) is 5. The van der Waals surface area contributed by atoms with Gasteiger partial charge in [-0.3, -0.25) is 15.2 Å². The molecule has 0 radical (unpaired) electrons. The van der Waals surface area contributed by atoms with Gasteiger partial charge in [0, 0.05) is 35.5 Å². The van der Waals surface area contributed by atoms with Gasteiger partial charge in [0.05, 0.1) is 10.4 Å². The molecule has 0 atom stereocenters. The molecule has 0 aliphatic rings. The number of benzene rings is 1. The molecule has 0 fully saturated rings. The summed E-state index contributed by atoms with van der Waals surface area (Å²) in [6, 6.07) is 4.56. The molecule has 0 amide bonds. The van der Waals surface area contributed by atoms with Crippen LogP contribution in [0, 0.1) is 10.1 Å². The second-order valence-corrected chi connectivity index (χ2v) is 3.69. The molecule has 0 aliphatic carbocycles. The number of nitrogens with one attached hydrogen (secondary N) is 1. The Morgan fingerprint density at radius 2 is 2.00 bits per heavy atom. The molecular weight excluding hydrogens is 234 g/mol. The van der Waals surface area contributed by atoms with E-state index in [9.17, 15) is 10.1 Å². The molecular formula is C11H7N5O2. The number of fused-ring (bicyclic) bond motifs is 1. The van der Waals surface area contributed by atoms with Crippen molar-refractivity contribution < 1.29 is 4.92 Å². The highest BCUT2D eigenvalue weighted by molar-refractivity contribution is 5.93. The molecule has 0 aliphatic heterocycles. The first-order chi connectivity index (χ1) is 8.75. The van der Waals surface area contributed by atoms with Crippen molar-refractivity contribution in [1.82, 2.24) is 20.2 Å². The van der Waals surface area contributed by atoms with Crippen molar-refractivity contribution in [3.8, 4) is 11.3 Å². The number of nitro benzene ring substituents is 1. The predicted octanol–water partition coefficient (Wildman–Crippen LogP) is 1.93. The molecule has 3 aromatic rings. The number of aromatic amines is 1. The second kappa shape index (κ2) is 3.88. The lowest BCUT2D eigenvalue weighted by Gasteiger charge is -1.96. The average Bonchev–Trinajstić information content (AvgIpc) is 2.82. The van der Waals surface area contributed by atoms with E-state index in [-0.39, 0.29) is 5.69 Å². The lowest BCUT2D eigenvalue weighted by atomic mass is 10.1. The van der Waals surface area contributed by atoms with E-state index in [0.717, 1.165) is 5.52 Å². The lowest BCUT2D eigenvalue weighted by molar-refractivity contribution is -0.384. The highest BCUT2D eigenvalue weighted by Gasteiger charge is 2.13. The summed E-state index contributed by atoms with van der Waals surface area (Å²) in [6.07, 6.45) is 4.64. The summed E-state index contributed by atoms with van der Waals surface area (Å²) in [7, 11) is 0. The monoisotopic (exact) mass is 241 g/mol. The van der Waals surface area contributed by atoms with Crippen LogP contribution in [-0.4, -0.2) is 25.1 Å². The summed E-state index contributed by atoms with van der Waals surface area (Å²) in [5, 5.41) is 18.4. The van der Waals surface area contributed by atoms with Gasteiger partial charge in [0.15, 0.2) is 0 Å². The maximum absolute atomic E-state index is 10.8. The maximum Gasteiger partial charge on any atom is 0.270 e. The molecule has 2 aromatic heterocycles. The third-order valence-electron chi connectivity index (χ3n) is 2.59. The highest BCUT2D eigenvalue weighted by Crippen LogP contribution is 2.28. The van der Waals surface area contributed by atoms with Gasteiger partial charge in [-0.1, -0.05) is 0 Å². The molecule has 7 nitrogen and oxygen atoms in total. The summed E-state index contributed by atoms with van der Waals surface area (Å²) in [6.45, 7) is 0. The van der Waals surface area contributed by atoms with Crippen LogP contribution in [-0.2, 0) is 0 Å². The van der Waals surface area contributed by atoms with Crippen LogP contribution in [0.3, 0.4) is 0 Å². The van der Waals surface area contributed by atoms with Crippen molar-refractivity contribution in [3.05, 3.63) is 47.0 Å². The largest absolute Gasteiger partial charge is 0.277 e. The Morgan fingerprint density at radius 1 is 1.22 bits per heavy atom. The number of rotatable bonds is 2. The van der Waals surface area contributed by atoms with E-state index < -0.39 is 4.92 Å². The quantitative estimate of drug-likeness (QED) is 0.546. The van der Waals surface area contributed by atoms with Crippen LogP contribution < -0.4 is 0 Å². The first kappa shape index (κ1) is 10.3. The van der Waals surface area contributed by atoms with Gasteiger partial charge in [-0.15, -0.1) is 0 Å². The Balaban J connectivity index is 2.24. The summed E-state index contributed by atoms with van der Waals surface area (Å²) >= 11 is 0. The summed E-state index contributed by atoms with van der Waals surface area (Å²) in [4.78, 5) is 18.1. The Morgan fingerprint density at radius 3 is 2.72 bits per heavy atom. The van der Waals surface area contributed by atoms with Crippen molar-refractivity contribution in [2.75, 3.05) is 0 Å². The molecule has 88 valence electrons. The Hall–Kier alpha value is -2.83. The first-order valence-corrected chi connectivity index (χ1v) is 5.13. The minimum atomic E-state index is -0.433. The van der Waals surface area contributed by atoms with E-state index in [4.69, 9.17) is 0 Å². The number of nitrogens with zero attached hydrogens (tertiary/aromatic N) is 4. The molecule has 0 spiro atoms. The second-order valence-electron chi connectivity index (χ2n) is 3.69. The van der Waals surface area contributed by atoms with E-state index in [1.807, 2.05) is 0 Å². The van der Waals surface area contributed by atoms with E-state index in [2.05, 4.69) is 20.2 Å². The minimum absolute atomic E-state index is 0.0296. The molecule has 2 heterocycles. The average molecular weight is 241 g/mol. The maximum atomic E-state index is 10.8. The summed E-state index contributed by atoms with van der Waals surface area (Å²) in [5.41, 5.74) is 2.08. The van der Waals surface area contributed by atoms with Crippen LogP contribution in [0.2, 0.25) is 0 Å². The normalized spacial score (nSPS) is 10.7. The smallest absolute Gasteiger partial charge is 0.270 e. The van der Waals surface area contributed by atoms with Gasteiger partial charge >= 0.3 is 0 Å². The zero-order valence-corrected chi connectivity index (χ0v) is 9.07. The van der Waals surface area contributed by atoms with Crippen molar-refractivity contribution >= 4 is 16.6 Å². The van der Waals surface area contributed by atoms with Crippen molar-refractivity contribution in [1.29, 1.82) is 0 Å². The van der Waals surface area contributed by atoms with Crippen LogP contribution in [0.15, 0.2) is 36.9 Å². The molecule has 0 bridgehead atoms. The van der Waals surface area contributed by atoms with Gasteiger partial charge in [-0.2, -0.15) is 5.10 Å². The fourth-order valence-electron chi connectivity index (χ4n) is 1.76. The molecule has 0 unspecified atom stereocenters. The molecule has 0 saturated carbocycles. The third-order valence-corrected chi connectivity index (χ3v) is 2.59. The third kappa shape index (κ3) is 1.58. The van der Waals surface area contributed by atoms with Gasteiger partial charge in [0.1, 0.15) is 12.0 Å². The van der Waals surface area contributed by atoms with Crippen molar-refractivity contribution in [2.45, 2.75) is 0 Å². The van der Waals surface area contributed by atoms with Crippen LogP contribution in [0.5, 0.6) is 0 Å². The van der Waals surface area contributed by atoms with Crippen LogP contribution in [0.4, 0.5) is 5.69 Å². The van der Waals surface area contributed by atoms with Crippen molar-refractivity contribution in [3.63, 3.8) is 0 Å². The number of nitro groups is 1. The molecule has 1 aromatic carbocycles. The molecule has 0 saturated heterocycles. The van der Waals surface area contributed by atoms with Gasteiger partial charge < -0.3 is 0 Å². The molecule has 7 heteroatoms. The van der Waals surface area contributed by atoms with Crippen molar-refractivity contribution in [2.24, 2.45) is 0 Å². The number of H-pyrrole nitrogens is 1. The minimum Gasteiger partial charge on any atom is -0.277 e. The van der Waals surface area contributed by atoms with Crippen LogP contribution in [0.1, 0.15) is 0 Å². The van der Waals surface area contributed by atoms with Crippen LogP contribution in [0.25, 0.3) is 22.2 Å². The van der Waals surface area contributed by atoms with E-state index in [1.165, 1.54) is 18.5 Å². The van der Waals surface area contributed by atoms with E-state index in [1.54, 1.807) is 18.5 Å². The Labute approximate surface area is 101 Å². The van der Waals surface area contributed by atoms with E-state index in [0.29, 0.717) is 16.6 Å². The van der Waals surface area contributed by atoms with Gasteiger partial charge in [0.2, 0.25) is 0 Å². The summed E-state index contributed by atoms with van der Waals surface area (Å²) in [5.74, 6) is 0. The fourth-order valence-corrected chi connectivity index (χ4v) is 1.76. The number of non-ortho nitro benzene ring substituents is 1. The molecule has 18 heavy (non-hydrogen) atoms. The number of hydrogen-bond donors (Lipinski definition) is 1. The zero-order valence-electron chi connectivity index (χ0n) is 9.07. The highest BCUT2D eigenvalue weighted by atomic mass is 16.6. The Bertz CT molecular complexity index is 723. The summed E-state index contributed by atoms with van der Waals surface area (Å²) < 4.78 is 0. The fraction of sp³-hybridized carbons (Fsp3) is 0. The van der Waals surface area contributed by atoms with E-state index >= 15 is 0 Å². The lowest BCUT2D eigenvalue weighted by Crippen LogP contribution is -1.87. The standard InChI is InChI=1S/C11H7N5O2/c17-16(18)8-1-2-10-9(3-8)11(15-14-10)7-4-12-6-13-5-7/h1-6H,(H,14,15). The molecule has 3 rings (SSSR count). The first-order valence-electron chi connectivity index (χ1n) is 5.13. The van der Waals surface area contributed by atoms with Gasteiger partial charge in [-0.25, -0.2) is 9.97 Å². The van der Waals surface area contributed by atoms with Crippen LogP contribution >= 0.6 is 0 Å². The molecule has 1 N–H and O–H groups in total. The Kier molecular flexibility index (Phi) is 2.23. The topological polar surface area (TPSA) is 97.6 Å². The SMILES string of the molecule is O=[N+]([O-])c1ccc2[nH]nc(-c3cncnc3)c2c1. The van der Waals surface area contributed by atoms with Gasteiger partial charge in [0.25, 0.3) is 5.69 Å². The van der Waals surface area contributed by atoms with Gasteiger partial charge in [-0.05, 0) is 6.07 Å². The number of aromatic nitrogens is 4.